The molecule has 1 aromatic heterocycles. The van der Waals surface area contributed by atoms with Crippen molar-refractivity contribution < 1.29 is 29.3 Å². The number of nitrogens with one attached hydrogen (secondary N) is 1. The number of hydrogen-bond acceptors (Lipinski definition) is 7. The Morgan fingerprint density at radius 2 is 1.64 bits per heavy atom. The minimum atomic E-state index is -0.898. The van der Waals surface area contributed by atoms with Gasteiger partial charge in [0.15, 0.2) is 6.29 Å². The number of carboxylic acids is 1. The lowest BCUT2D eigenvalue weighted by Crippen LogP contribution is -2.38. The molecule has 5 rings (SSSR count). The third kappa shape index (κ3) is 9.02. The Labute approximate surface area is 267 Å². The Hall–Kier alpha value is -4.02. The van der Waals surface area contributed by atoms with Crippen LogP contribution < -0.4 is 5.32 Å². The summed E-state index contributed by atoms with van der Waals surface area (Å²) < 4.78 is 13.2. The van der Waals surface area contributed by atoms with E-state index in [-0.39, 0.29) is 43.5 Å². The second-order valence-corrected chi connectivity index (χ2v) is 12.2. The van der Waals surface area contributed by atoms with Gasteiger partial charge in [-0.05, 0) is 52.4 Å². The molecular weight excluding hydrogens is 588 g/mol. The minimum Gasteiger partial charge on any atom is -0.481 e. The molecule has 234 valence electrons. The van der Waals surface area contributed by atoms with Crippen LogP contribution >= 0.6 is 11.8 Å². The van der Waals surface area contributed by atoms with Crippen LogP contribution in [0.2, 0.25) is 0 Å². The van der Waals surface area contributed by atoms with Crippen molar-refractivity contribution in [1.82, 2.24) is 10.3 Å². The summed E-state index contributed by atoms with van der Waals surface area (Å²) in [5.41, 5.74) is 5.82. The monoisotopic (exact) mass is 626 g/mol. The summed E-state index contributed by atoms with van der Waals surface area (Å²) >= 11 is 1.67. The highest BCUT2D eigenvalue weighted by Crippen LogP contribution is 2.43. The molecule has 8 nitrogen and oxygen atoms in total. The molecule has 45 heavy (non-hydrogen) atoms. The third-order valence-corrected chi connectivity index (χ3v) is 8.92. The maximum absolute atomic E-state index is 12.1. The first kappa shape index (κ1) is 32.4. The van der Waals surface area contributed by atoms with Crippen LogP contribution in [0.1, 0.15) is 60.8 Å². The van der Waals surface area contributed by atoms with Gasteiger partial charge >= 0.3 is 5.97 Å². The first-order valence-corrected chi connectivity index (χ1v) is 16.1. The molecule has 1 fully saturated rings. The molecule has 4 aromatic rings. The molecule has 1 aliphatic rings. The van der Waals surface area contributed by atoms with Crippen molar-refractivity contribution in [2.24, 2.45) is 5.92 Å². The molecule has 0 aliphatic carbocycles. The van der Waals surface area contributed by atoms with E-state index in [9.17, 15) is 14.7 Å². The molecular formula is C36H38N2O6S. The smallest absolute Gasteiger partial charge is 0.303 e. The van der Waals surface area contributed by atoms with E-state index in [1.807, 2.05) is 91.0 Å². The fourth-order valence-electron chi connectivity index (χ4n) is 5.29. The number of aromatic nitrogens is 1. The van der Waals surface area contributed by atoms with Crippen LogP contribution in [0.15, 0.2) is 102 Å². The summed E-state index contributed by atoms with van der Waals surface area (Å²) in [6.45, 7) is 2.52. The largest absolute Gasteiger partial charge is 0.481 e. The molecule has 4 unspecified atom stereocenters. The number of thioether (sulfide) groups is 1. The van der Waals surface area contributed by atoms with Gasteiger partial charge in [-0.25, -0.2) is 4.98 Å². The van der Waals surface area contributed by atoms with Crippen LogP contribution in [-0.4, -0.2) is 38.9 Å². The first-order valence-electron chi connectivity index (χ1n) is 15.1. The van der Waals surface area contributed by atoms with E-state index in [0.29, 0.717) is 13.0 Å². The van der Waals surface area contributed by atoms with Gasteiger partial charge in [-0.15, -0.1) is 11.8 Å². The zero-order chi connectivity index (χ0) is 31.6. The van der Waals surface area contributed by atoms with Gasteiger partial charge in [0, 0.05) is 42.8 Å². The number of carbonyl (C=O) groups excluding carboxylic acids is 1. The second-order valence-electron chi connectivity index (χ2n) is 11.1. The highest BCUT2D eigenvalue weighted by molar-refractivity contribution is 7.99. The van der Waals surface area contributed by atoms with Gasteiger partial charge in [-0.2, -0.15) is 0 Å². The van der Waals surface area contributed by atoms with Crippen molar-refractivity contribution in [1.29, 1.82) is 0 Å². The van der Waals surface area contributed by atoms with Crippen LogP contribution in [0.25, 0.3) is 11.1 Å². The summed E-state index contributed by atoms with van der Waals surface area (Å²) in [6, 6.07) is 29.9. The molecule has 9 heteroatoms. The number of pyridine rings is 1. The van der Waals surface area contributed by atoms with E-state index >= 15 is 0 Å². The zero-order valence-electron chi connectivity index (χ0n) is 25.2. The van der Waals surface area contributed by atoms with E-state index in [2.05, 4.69) is 17.2 Å². The number of amides is 1. The van der Waals surface area contributed by atoms with E-state index < -0.39 is 12.3 Å². The van der Waals surface area contributed by atoms with Gasteiger partial charge in [0.2, 0.25) is 5.91 Å². The van der Waals surface area contributed by atoms with Gasteiger partial charge in [0.05, 0.1) is 23.8 Å². The van der Waals surface area contributed by atoms with Crippen LogP contribution in [-0.2, 0) is 32.2 Å². The quantitative estimate of drug-likeness (QED) is 0.141. The van der Waals surface area contributed by atoms with E-state index in [0.717, 1.165) is 44.2 Å². The summed E-state index contributed by atoms with van der Waals surface area (Å²) in [5.74, 6) is -0.251. The number of nitrogens with zero attached hydrogens (tertiary/aromatic N) is 1. The molecule has 3 N–H and O–H groups in total. The molecule has 3 aromatic carbocycles. The summed E-state index contributed by atoms with van der Waals surface area (Å²) in [4.78, 5) is 27.2. The number of rotatable bonds is 13. The lowest BCUT2D eigenvalue weighted by molar-refractivity contribution is -0.268. The Morgan fingerprint density at radius 1 is 0.867 bits per heavy atom. The number of aliphatic carboxylic acids is 1. The van der Waals surface area contributed by atoms with Gasteiger partial charge in [0.1, 0.15) is 0 Å². The fraction of sp³-hybridized carbons (Fsp3) is 0.306. The minimum absolute atomic E-state index is 0.00503. The van der Waals surface area contributed by atoms with Gasteiger partial charge in [0.25, 0.3) is 0 Å². The first-order chi connectivity index (χ1) is 21.9. The Balaban J connectivity index is 1.28. The molecule has 1 amide bonds. The Bertz CT molecular complexity index is 1550. The number of carboxylic acid groups (broad SMARTS) is 1. The van der Waals surface area contributed by atoms with Crippen molar-refractivity contribution in [3.05, 3.63) is 119 Å². The van der Waals surface area contributed by atoms with Crippen LogP contribution in [0, 0.1) is 5.92 Å². The van der Waals surface area contributed by atoms with Crippen molar-refractivity contribution >= 4 is 23.6 Å². The molecule has 0 bridgehead atoms. The summed E-state index contributed by atoms with van der Waals surface area (Å²) in [6.07, 6.45) is 1.45. The number of hydrogen-bond donors (Lipinski definition) is 3. The number of ether oxygens (including phenoxy) is 2. The van der Waals surface area contributed by atoms with E-state index in [4.69, 9.17) is 14.6 Å². The second kappa shape index (κ2) is 15.8. The number of aliphatic hydroxyl groups excluding tert-OH is 1. The van der Waals surface area contributed by atoms with Crippen molar-refractivity contribution in [3.63, 3.8) is 0 Å². The van der Waals surface area contributed by atoms with Crippen LogP contribution in [0.3, 0.4) is 0 Å². The van der Waals surface area contributed by atoms with Gasteiger partial charge in [-0.3, -0.25) is 9.59 Å². The van der Waals surface area contributed by atoms with Crippen LogP contribution in [0.4, 0.5) is 0 Å². The van der Waals surface area contributed by atoms with Crippen LogP contribution in [0.5, 0.6) is 0 Å². The molecule has 0 spiro atoms. The maximum Gasteiger partial charge on any atom is 0.303 e. The summed E-state index contributed by atoms with van der Waals surface area (Å²) in [5, 5.41) is 22.1. The molecule has 1 saturated heterocycles. The molecule has 2 heterocycles. The third-order valence-electron chi connectivity index (χ3n) is 7.88. The normalized spacial score (nSPS) is 19.6. The predicted molar refractivity (Wildman–Crippen MR) is 173 cm³/mol. The number of carbonyl (C=O) groups is 2. The topological polar surface area (TPSA) is 118 Å². The highest BCUT2D eigenvalue weighted by atomic mass is 32.2. The maximum atomic E-state index is 12.1. The van der Waals surface area contributed by atoms with Crippen molar-refractivity contribution in [3.8, 4) is 11.1 Å². The SMILES string of the molecule is CC1C(CSc2ccccn2)OC(c2ccc(-c3cccc(CNC(=O)CCCC(=O)O)c3)cc2)OC1c1ccc(CO)cc1. The lowest BCUT2D eigenvalue weighted by atomic mass is 9.91. The van der Waals surface area contributed by atoms with Crippen molar-refractivity contribution in [2.75, 3.05) is 5.75 Å². The average Bonchev–Trinajstić information content (AvgIpc) is 3.07. The van der Waals surface area contributed by atoms with Gasteiger partial charge < -0.3 is 25.0 Å². The molecule has 0 saturated carbocycles. The number of aliphatic hydroxyl groups is 1. The van der Waals surface area contributed by atoms with Gasteiger partial charge in [-0.1, -0.05) is 79.7 Å². The Morgan fingerprint density at radius 3 is 2.36 bits per heavy atom. The predicted octanol–water partition coefficient (Wildman–Crippen LogP) is 6.70. The van der Waals surface area contributed by atoms with Crippen molar-refractivity contribution in [2.45, 2.75) is 62.9 Å². The average molecular weight is 627 g/mol. The fourth-order valence-corrected chi connectivity index (χ4v) is 6.32. The summed E-state index contributed by atoms with van der Waals surface area (Å²) in [7, 11) is 0. The highest BCUT2D eigenvalue weighted by Gasteiger charge is 2.38. The lowest BCUT2D eigenvalue weighted by Gasteiger charge is -2.41. The zero-order valence-corrected chi connectivity index (χ0v) is 26.0. The standard InChI is InChI=1S/C36H38N2O6S/c1-24-31(23-45-33-9-2-3-19-37-33)43-36(44-35(24)28-13-11-25(22-39)12-14-28)29-17-15-27(16-18-29)30-7-4-6-26(20-30)21-38-32(40)8-5-10-34(41)42/h2-4,6-7,9,11-20,24,31,35-36,39H,5,8,10,21-23H2,1H3,(H,38,40)(H,41,42). The Kier molecular flexibility index (Phi) is 11.4. The number of benzene rings is 3. The molecule has 4 atom stereocenters. The molecule has 0 radical (unpaired) electrons. The molecule has 1 aliphatic heterocycles. The van der Waals surface area contributed by atoms with E-state index in [1.165, 1.54) is 0 Å². The van der Waals surface area contributed by atoms with E-state index in [1.54, 1.807) is 18.0 Å².